The standard InChI is InChI=1S/C5H8N2O2/c8-4-1-2-6-7-5(9)3-4/h6H,1-3H2,(H,7,9). The van der Waals surface area contributed by atoms with E-state index in [2.05, 4.69) is 10.9 Å². The highest BCUT2D eigenvalue weighted by Crippen LogP contribution is 1.90. The van der Waals surface area contributed by atoms with Gasteiger partial charge in [0.1, 0.15) is 5.78 Å². The van der Waals surface area contributed by atoms with E-state index in [1.165, 1.54) is 0 Å². The van der Waals surface area contributed by atoms with E-state index < -0.39 is 0 Å². The largest absolute Gasteiger partial charge is 0.299 e. The van der Waals surface area contributed by atoms with Crippen molar-refractivity contribution in [2.24, 2.45) is 0 Å². The fraction of sp³-hybridized carbons (Fsp3) is 0.600. The molecular weight excluding hydrogens is 120 g/mol. The van der Waals surface area contributed by atoms with Crippen molar-refractivity contribution < 1.29 is 9.59 Å². The summed E-state index contributed by atoms with van der Waals surface area (Å²) >= 11 is 0. The summed E-state index contributed by atoms with van der Waals surface area (Å²) in [5.41, 5.74) is 4.97. The van der Waals surface area contributed by atoms with Crippen molar-refractivity contribution in [2.75, 3.05) is 6.54 Å². The molecule has 1 fully saturated rings. The molecule has 0 bridgehead atoms. The summed E-state index contributed by atoms with van der Waals surface area (Å²) in [6, 6.07) is 0. The van der Waals surface area contributed by atoms with Gasteiger partial charge in [0.05, 0.1) is 6.42 Å². The van der Waals surface area contributed by atoms with Crippen molar-refractivity contribution in [3.63, 3.8) is 0 Å². The van der Waals surface area contributed by atoms with E-state index in [9.17, 15) is 9.59 Å². The Morgan fingerprint density at radius 2 is 2.11 bits per heavy atom. The van der Waals surface area contributed by atoms with Crippen molar-refractivity contribution in [3.05, 3.63) is 0 Å². The fourth-order valence-electron chi connectivity index (χ4n) is 0.675. The van der Waals surface area contributed by atoms with Crippen LogP contribution in [0.5, 0.6) is 0 Å². The third-order valence-electron chi connectivity index (χ3n) is 1.11. The maximum absolute atomic E-state index is 10.6. The predicted molar refractivity (Wildman–Crippen MR) is 30.4 cm³/mol. The first-order valence-electron chi connectivity index (χ1n) is 2.82. The lowest BCUT2D eigenvalue weighted by molar-refractivity contribution is -0.127. The molecular formula is C5H8N2O2. The molecule has 2 N–H and O–H groups in total. The monoisotopic (exact) mass is 128 g/mol. The fourth-order valence-corrected chi connectivity index (χ4v) is 0.675. The second-order valence-electron chi connectivity index (χ2n) is 1.94. The molecule has 1 aliphatic rings. The SMILES string of the molecule is O=C1CCNNC(=O)C1. The summed E-state index contributed by atoms with van der Waals surface area (Å²) in [6.45, 7) is 0.546. The van der Waals surface area contributed by atoms with E-state index in [-0.39, 0.29) is 18.1 Å². The van der Waals surface area contributed by atoms with Crippen molar-refractivity contribution in [3.8, 4) is 0 Å². The average molecular weight is 128 g/mol. The molecule has 0 spiro atoms. The van der Waals surface area contributed by atoms with Gasteiger partial charge >= 0.3 is 0 Å². The maximum atomic E-state index is 10.6. The number of hydrogen-bond acceptors (Lipinski definition) is 3. The molecule has 0 radical (unpaired) electrons. The van der Waals surface area contributed by atoms with Crippen LogP contribution >= 0.6 is 0 Å². The molecule has 0 saturated carbocycles. The normalized spacial score (nSPS) is 20.9. The number of ketones is 1. The molecule has 4 heteroatoms. The number of amides is 1. The molecule has 1 saturated heterocycles. The molecule has 1 aliphatic heterocycles. The highest BCUT2D eigenvalue weighted by Gasteiger charge is 2.11. The number of Topliss-reactive ketones (excluding diaryl/α,β-unsaturated/α-hetero) is 1. The van der Waals surface area contributed by atoms with E-state index in [1.807, 2.05) is 0 Å². The predicted octanol–water partition coefficient (Wildman–Crippen LogP) is -1.03. The molecule has 4 nitrogen and oxygen atoms in total. The number of rotatable bonds is 0. The van der Waals surface area contributed by atoms with Crippen LogP contribution in [0.2, 0.25) is 0 Å². The van der Waals surface area contributed by atoms with Crippen LogP contribution in [0.1, 0.15) is 12.8 Å². The van der Waals surface area contributed by atoms with Crippen LogP contribution in [-0.2, 0) is 9.59 Å². The molecule has 0 unspecified atom stereocenters. The maximum Gasteiger partial charge on any atom is 0.241 e. The summed E-state index contributed by atoms with van der Waals surface area (Å²) < 4.78 is 0. The van der Waals surface area contributed by atoms with Gasteiger partial charge in [-0.2, -0.15) is 0 Å². The third kappa shape index (κ3) is 1.81. The molecule has 0 atom stereocenters. The molecule has 1 amide bonds. The molecule has 9 heavy (non-hydrogen) atoms. The molecule has 1 heterocycles. The summed E-state index contributed by atoms with van der Waals surface area (Å²) in [5.74, 6) is -0.241. The van der Waals surface area contributed by atoms with Gasteiger partial charge in [0.25, 0.3) is 0 Å². The number of carbonyl (C=O) groups is 2. The first-order valence-corrected chi connectivity index (χ1v) is 2.82. The van der Waals surface area contributed by atoms with Crippen LogP contribution in [0.3, 0.4) is 0 Å². The van der Waals surface area contributed by atoms with Gasteiger partial charge in [-0.25, -0.2) is 5.43 Å². The van der Waals surface area contributed by atoms with Gasteiger partial charge in [0.15, 0.2) is 0 Å². The lowest BCUT2D eigenvalue weighted by Gasteiger charge is -1.96. The van der Waals surface area contributed by atoms with E-state index in [0.29, 0.717) is 13.0 Å². The minimum absolute atomic E-state index is 0.00231. The average Bonchev–Trinajstić information content (AvgIpc) is 1.93. The van der Waals surface area contributed by atoms with Crippen LogP contribution in [0.4, 0.5) is 0 Å². The Morgan fingerprint density at radius 3 is 2.89 bits per heavy atom. The van der Waals surface area contributed by atoms with Crippen LogP contribution in [0, 0.1) is 0 Å². The van der Waals surface area contributed by atoms with Gasteiger partial charge in [-0.05, 0) is 0 Å². The van der Waals surface area contributed by atoms with Crippen molar-refractivity contribution in [1.82, 2.24) is 10.9 Å². The van der Waals surface area contributed by atoms with Gasteiger partial charge in [0, 0.05) is 13.0 Å². The Hall–Kier alpha value is -0.900. The van der Waals surface area contributed by atoms with E-state index >= 15 is 0 Å². The molecule has 1 rings (SSSR count). The minimum atomic E-state index is -0.238. The van der Waals surface area contributed by atoms with E-state index in [0.717, 1.165) is 0 Å². The van der Waals surface area contributed by atoms with Crippen molar-refractivity contribution >= 4 is 11.7 Å². The zero-order chi connectivity index (χ0) is 6.69. The van der Waals surface area contributed by atoms with Gasteiger partial charge in [-0.1, -0.05) is 0 Å². The van der Waals surface area contributed by atoms with E-state index in [4.69, 9.17) is 0 Å². The van der Waals surface area contributed by atoms with Crippen LogP contribution in [0.25, 0.3) is 0 Å². The Kier molecular flexibility index (Phi) is 1.79. The summed E-state index contributed by atoms with van der Waals surface area (Å²) in [7, 11) is 0. The quantitative estimate of drug-likeness (QED) is 0.410. The van der Waals surface area contributed by atoms with Gasteiger partial charge in [-0.15, -0.1) is 0 Å². The lowest BCUT2D eigenvalue weighted by atomic mass is 10.2. The highest BCUT2D eigenvalue weighted by molar-refractivity contribution is 5.98. The first kappa shape index (κ1) is 6.22. The van der Waals surface area contributed by atoms with Crippen LogP contribution < -0.4 is 10.9 Å². The highest BCUT2D eigenvalue weighted by atomic mass is 16.2. The summed E-state index contributed by atoms with van der Waals surface area (Å²) in [5, 5.41) is 0. The Morgan fingerprint density at radius 1 is 1.33 bits per heavy atom. The number of hydrazine groups is 1. The molecule has 0 aliphatic carbocycles. The van der Waals surface area contributed by atoms with Crippen molar-refractivity contribution in [2.45, 2.75) is 12.8 Å². The molecule has 0 aromatic rings. The second-order valence-corrected chi connectivity index (χ2v) is 1.94. The smallest absolute Gasteiger partial charge is 0.241 e. The zero-order valence-corrected chi connectivity index (χ0v) is 4.94. The van der Waals surface area contributed by atoms with Crippen LogP contribution in [-0.4, -0.2) is 18.2 Å². The molecule has 50 valence electrons. The van der Waals surface area contributed by atoms with Gasteiger partial charge in [-0.3, -0.25) is 15.0 Å². The Labute approximate surface area is 52.6 Å². The Bertz CT molecular complexity index is 128. The number of hydrogen-bond donors (Lipinski definition) is 2. The topological polar surface area (TPSA) is 58.2 Å². The van der Waals surface area contributed by atoms with Crippen LogP contribution in [0.15, 0.2) is 0 Å². The van der Waals surface area contributed by atoms with Crippen molar-refractivity contribution in [1.29, 1.82) is 0 Å². The third-order valence-corrected chi connectivity index (χ3v) is 1.11. The summed E-state index contributed by atoms with van der Waals surface area (Å²) in [4.78, 5) is 21.1. The zero-order valence-electron chi connectivity index (χ0n) is 4.94. The number of carbonyl (C=O) groups excluding carboxylic acids is 2. The first-order chi connectivity index (χ1) is 4.29. The Balaban J connectivity index is 2.47. The molecule has 0 aromatic carbocycles. The van der Waals surface area contributed by atoms with Gasteiger partial charge in [0.2, 0.25) is 5.91 Å². The molecule has 0 aromatic heterocycles. The lowest BCUT2D eigenvalue weighted by Crippen LogP contribution is -2.35. The van der Waals surface area contributed by atoms with Gasteiger partial charge < -0.3 is 0 Å². The van der Waals surface area contributed by atoms with E-state index in [1.54, 1.807) is 0 Å². The number of nitrogens with one attached hydrogen (secondary N) is 2. The summed E-state index contributed by atoms with van der Waals surface area (Å²) in [6.07, 6.45) is 0.464. The minimum Gasteiger partial charge on any atom is -0.299 e. The second kappa shape index (κ2) is 2.59.